The lowest BCUT2D eigenvalue weighted by Gasteiger charge is -2.27. The van der Waals surface area contributed by atoms with E-state index in [1.54, 1.807) is 36.4 Å². The maximum atomic E-state index is 13.3. The van der Waals surface area contributed by atoms with E-state index >= 15 is 0 Å². The van der Waals surface area contributed by atoms with E-state index in [1.807, 2.05) is 6.07 Å². The minimum Gasteiger partial charge on any atom is -0.497 e. The molecule has 1 amide bonds. The molecule has 29 heavy (non-hydrogen) atoms. The largest absolute Gasteiger partial charge is 0.497 e. The summed E-state index contributed by atoms with van der Waals surface area (Å²) in [5.74, 6) is 1.55. The van der Waals surface area contributed by atoms with Gasteiger partial charge in [0, 0.05) is 6.04 Å². The number of sulfonamides is 1. The average molecular weight is 415 g/mol. The number of carbonyl (C=O) groups excluding carboxylic acids is 1. The van der Waals surface area contributed by atoms with Gasteiger partial charge in [0.15, 0.2) is 0 Å². The zero-order valence-corrected chi connectivity index (χ0v) is 17.3. The predicted octanol–water partition coefficient (Wildman–Crippen LogP) is 3.20. The lowest BCUT2D eigenvalue weighted by atomic mass is 9.95. The van der Waals surface area contributed by atoms with Crippen LogP contribution in [0.5, 0.6) is 5.75 Å². The Morgan fingerprint density at radius 2 is 1.79 bits per heavy atom. The summed E-state index contributed by atoms with van der Waals surface area (Å²) in [7, 11) is -2.37. The van der Waals surface area contributed by atoms with Gasteiger partial charge in [-0.1, -0.05) is 24.6 Å². The third-order valence-electron chi connectivity index (χ3n) is 6.06. The van der Waals surface area contributed by atoms with Crippen molar-refractivity contribution in [2.24, 2.45) is 11.8 Å². The summed E-state index contributed by atoms with van der Waals surface area (Å²) in [5, 5.41) is 3.09. The smallest absolute Gasteiger partial charge is 0.264 e. The topological polar surface area (TPSA) is 75.7 Å². The number of carbonyl (C=O) groups is 1. The Hall–Kier alpha value is -2.54. The van der Waals surface area contributed by atoms with Crippen LogP contribution in [0.25, 0.3) is 0 Å². The van der Waals surface area contributed by atoms with E-state index in [1.165, 1.54) is 36.4 Å². The van der Waals surface area contributed by atoms with E-state index in [-0.39, 0.29) is 23.4 Å². The summed E-state index contributed by atoms with van der Waals surface area (Å²) in [6.45, 7) is -0.244. The fraction of sp³-hybridized carbons (Fsp3) is 0.409. The molecule has 154 valence electrons. The van der Waals surface area contributed by atoms with E-state index in [9.17, 15) is 13.2 Å². The first kappa shape index (κ1) is 19.8. The molecule has 0 saturated heterocycles. The fourth-order valence-corrected chi connectivity index (χ4v) is 6.01. The van der Waals surface area contributed by atoms with Gasteiger partial charge < -0.3 is 10.1 Å². The molecular formula is C22H26N2O4S. The zero-order valence-electron chi connectivity index (χ0n) is 16.5. The molecule has 2 fully saturated rings. The van der Waals surface area contributed by atoms with Gasteiger partial charge in [0.1, 0.15) is 12.3 Å². The Labute approximate surface area is 171 Å². The maximum Gasteiger partial charge on any atom is 0.264 e. The number of hydrogen-bond acceptors (Lipinski definition) is 4. The Bertz CT molecular complexity index is 960. The van der Waals surface area contributed by atoms with E-state index in [4.69, 9.17) is 4.74 Å². The van der Waals surface area contributed by atoms with Gasteiger partial charge in [-0.3, -0.25) is 9.10 Å². The monoisotopic (exact) mass is 414 g/mol. The van der Waals surface area contributed by atoms with E-state index in [0.29, 0.717) is 23.3 Å². The van der Waals surface area contributed by atoms with Crippen LogP contribution in [0, 0.1) is 11.8 Å². The summed E-state index contributed by atoms with van der Waals surface area (Å²) in [6, 6.07) is 15.1. The van der Waals surface area contributed by atoms with Gasteiger partial charge in [0.25, 0.3) is 10.0 Å². The molecule has 0 heterocycles. The van der Waals surface area contributed by atoms with Gasteiger partial charge in [0.2, 0.25) is 5.91 Å². The number of para-hydroxylation sites is 1. The van der Waals surface area contributed by atoms with Crippen LogP contribution in [0.2, 0.25) is 0 Å². The summed E-state index contributed by atoms with van der Waals surface area (Å²) >= 11 is 0. The fourth-order valence-electron chi connectivity index (χ4n) is 4.59. The van der Waals surface area contributed by atoms with Crippen LogP contribution in [-0.2, 0) is 14.8 Å². The standard InChI is InChI=1S/C22H26N2O4S/c1-28-19-9-11-20(12-10-19)29(26,27)24(18-5-3-2-4-6-18)15-22(25)23-21-14-16-7-8-17(21)13-16/h2-6,9-12,16-17,21H,7-8,13-15H2,1H3,(H,23,25)/t16-,17-,21+/m0/s1. The highest BCUT2D eigenvalue weighted by Crippen LogP contribution is 2.44. The number of fused-ring (bicyclic) bond motifs is 2. The van der Waals surface area contributed by atoms with Crippen molar-refractivity contribution in [1.82, 2.24) is 5.32 Å². The maximum absolute atomic E-state index is 13.3. The highest BCUT2D eigenvalue weighted by Gasteiger charge is 2.40. The number of ether oxygens (including phenoxy) is 1. The van der Waals surface area contributed by atoms with Crippen LogP contribution in [0.4, 0.5) is 5.69 Å². The first-order valence-corrected chi connectivity index (χ1v) is 11.4. The third kappa shape index (κ3) is 4.10. The number of methoxy groups -OCH3 is 1. The van der Waals surface area contributed by atoms with Crippen molar-refractivity contribution in [2.45, 2.75) is 36.6 Å². The van der Waals surface area contributed by atoms with E-state index in [0.717, 1.165) is 12.8 Å². The average Bonchev–Trinajstić information content (AvgIpc) is 3.36. The van der Waals surface area contributed by atoms with Gasteiger partial charge in [-0.15, -0.1) is 0 Å². The summed E-state index contributed by atoms with van der Waals surface area (Å²) in [6.07, 6.45) is 4.59. The zero-order chi connectivity index (χ0) is 20.4. The third-order valence-corrected chi connectivity index (χ3v) is 7.85. The number of anilines is 1. The van der Waals surface area contributed by atoms with Crippen LogP contribution in [0.1, 0.15) is 25.7 Å². The van der Waals surface area contributed by atoms with Crippen LogP contribution >= 0.6 is 0 Å². The molecule has 6 nitrogen and oxygen atoms in total. The van der Waals surface area contributed by atoms with Crippen LogP contribution < -0.4 is 14.4 Å². The minimum atomic E-state index is -3.90. The first-order valence-electron chi connectivity index (χ1n) is 9.98. The number of benzene rings is 2. The summed E-state index contributed by atoms with van der Waals surface area (Å²) in [5.41, 5.74) is 0.464. The molecular weight excluding hydrogens is 388 g/mol. The van der Waals surface area contributed by atoms with E-state index < -0.39 is 10.0 Å². The van der Waals surface area contributed by atoms with Crippen molar-refractivity contribution in [1.29, 1.82) is 0 Å². The Morgan fingerprint density at radius 1 is 1.07 bits per heavy atom. The number of hydrogen-bond donors (Lipinski definition) is 1. The van der Waals surface area contributed by atoms with Crippen molar-refractivity contribution < 1.29 is 17.9 Å². The van der Waals surface area contributed by atoms with Crippen molar-refractivity contribution in [2.75, 3.05) is 18.0 Å². The molecule has 0 unspecified atom stereocenters. The van der Waals surface area contributed by atoms with Gasteiger partial charge in [-0.25, -0.2) is 8.42 Å². The van der Waals surface area contributed by atoms with Gasteiger partial charge in [-0.05, 0) is 67.5 Å². The molecule has 1 N–H and O–H groups in total. The minimum absolute atomic E-state index is 0.120. The number of rotatable bonds is 7. The normalized spacial score (nSPS) is 23.0. The molecule has 0 radical (unpaired) electrons. The Morgan fingerprint density at radius 3 is 2.38 bits per heavy atom. The summed E-state index contributed by atoms with van der Waals surface area (Å²) < 4.78 is 33.0. The number of nitrogens with zero attached hydrogens (tertiary/aromatic N) is 1. The molecule has 0 aliphatic heterocycles. The van der Waals surface area contributed by atoms with E-state index in [2.05, 4.69) is 5.32 Å². The highest BCUT2D eigenvalue weighted by atomic mass is 32.2. The first-order chi connectivity index (χ1) is 14.0. The summed E-state index contributed by atoms with van der Waals surface area (Å²) in [4.78, 5) is 12.9. The van der Waals surface area contributed by atoms with Gasteiger partial charge >= 0.3 is 0 Å². The molecule has 0 aromatic heterocycles. The second-order valence-corrected chi connectivity index (χ2v) is 9.73. The number of nitrogens with one attached hydrogen (secondary N) is 1. The molecule has 4 rings (SSSR count). The number of amides is 1. The highest BCUT2D eigenvalue weighted by molar-refractivity contribution is 7.92. The molecule has 2 aliphatic rings. The van der Waals surface area contributed by atoms with Crippen molar-refractivity contribution in [3.05, 3.63) is 54.6 Å². The molecule has 3 atom stereocenters. The van der Waals surface area contributed by atoms with Gasteiger partial charge in [-0.2, -0.15) is 0 Å². The second kappa shape index (κ2) is 8.06. The molecule has 2 aromatic rings. The molecule has 2 bridgehead atoms. The molecule has 0 spiro atoms. The van der Waals surface area contributed by atoms with Crippen molar-refractivity contribution in [3.8, 4) is 5.75 Å². The Kier molecular flexibility index (Phi) is 5.50. The van der Waals surface area contributed by atoms with Crippen molar-refractivity contribution in [3.63, 3.8) is 0 Å². The van der Waals surface area contributed by atoms with Crippen LogP contribution in [-0.4, -0.2) is 34.0 Å². The quantitative estimate of drug-likeness (QED) is 0.755. The van der Waals surface area contributed by atoms with Gasteiger partial charge in [0.05, 0.1) is 17.7 Å². The second-order valence-electron chi connectivity index (χ2n) is 7.87. The predicted molar refractivity (Wildman–Crippen MR) is 111 cm³/mol. The Balaban J connectivity index is 1.57. The lowest BCUT2D eigenvalue weighted by Crippen LogP contribution is -2.45. The van der Waals surface area contributed by atoms with Crippen molar-refractivity contribution >= 4 is 21.6 Å². The molecule has 2 aromatic carbocycles. The van der Waals surface area contributed by atoms with Crippen LogP contribution in [0.15, 0.2) is 59.5 Å². The molecule has 2 aliphatic carbocycles. The lowest BCUT2D eigenvalue weighted by molar-refractivity contribution is -0.120. The molecule has 2 saturated carbocycles. The van der Waals surface area contributed by atoms with Crippen LogP contribution in [0.3, 0.4) is 0 Å². The molecule has 7 heteroatoms. The SMILES string of the molecule is COc1ccc(S(=O)(=O)N(CC(=O)N[C@@H]2C[C@H]3CC[C@H]2C3)c2ccccc2)cc1.